The van der Waals surface area contributed by atoms with Gasteiger partial charge in [0.2, 0.25) is 0 Å². The van der Waals surface area contributed by atoms with Gasteiger partial charge in [-0.25, -0.2) is 0 Å². The van der Waals surface area contributed by atoms with Crippen LogP contribution in [0.4, 0.5) is 0 Å². The maximum absolute atomic E-state index is 12.4. The number of hydrogen-bond donors (Lipinski definition) is 2. The van der Waals surface area contributed by atoms with Gasteiger partial charge in [0, 0.05) is 12.1 Å². The smallest absolute Gasteiger partial charge is 0.255 e. The molecule has 2 rings (SSSR count). The van der Waals surface area contributed by atoms with Crippen molar-refractivity contribution in [1.82, 2.24) is 5.32 Å². The van der Waals surface area contributed by atoms with E-state index in [1.807, 2.05) is 25.1 Å². The van der Waals surface area contributed by atoms with Crippen LogP contribution in [0.3, 0.4) is 0 Å². The quantitative estimate of drug-likeness (QED) is 0.774. The Morgan fingerprint density at radius 1 is 1.04 bits per heavy atom. The van der Waals surface area contributed by atoms with Crippen LogP contribution in [0.5, 0.6) is 5.75 Å². The fourth-order valence-electron chi connectivity index (χ4n) is 2.84. The van der Waals surface area contributed by atoms with E-state index < -0.39 is 0 Å². The molecule has 0 saturated heterocycles. The minimum absolute atomic E-state index is 0.114. The van der Waals surface area contributed by atoms with Gasteiger partial charge in [-0.2, -0.15) is 0 Å². The van der Waals surface area contributed by atoms with Crippen LogP contribution in [0, 0.1) is 6.92 Å². The molecule has 2 aromatic rings. The zero-order valence-corrected chi connectivity index (χ0v) is 15.7. The number of amides is 1. The first-order valence-corrected chi connectivity index (χ1v) is 8.91. The van der Waals surface area contributed by atoms with Crippen molar-refractivity contribution in [2.75, 3.05) is 20.2 Å². The highest BCUT2D eigenvalue weighted by atomic mass is 16.5. The van der Waals surface area contributed by atoms with Crippen molar-refractivity contribution in [3.63, 3.8) is 0 Å². The predicted molar refractivity (Wildman–Crippen MR) is 101 cm³/mol. The Hall–Kier alpha value is -2.33. The molecule has 0 aliphatic rings. The molecule has 0 unspecified atom stereocenters. The summed E-state index contributed by atoms with van der Waals surface area (Å²) >= 11 is 0. The lowest BCUT2D eigenvalue weighted by molar-refractivity contribution is -0.910. The van der Waals surface area contributed by atoms with E-state index in [-0.39, 0.29) is 5.91 Å². The van der Waals surface area contributed by atoms with E-state index >= 15 is 0 Å². The molecule has 0 bridgehead atoms. The lowest BCUT2D eigenvalue weighted by Crippen LogP contribution is -3.10. The zero-order valence-electron chi connectivity index (χ0n) is 15.7. The van der Waals surface area contributed by atoms with Gasteiger partial charge in [-0.3, -0.25) is 4.79 Å². The number of benzene rings is 2. The molecule has 0 aliphatic carbocycles. The van der Waals surface area contributed by atoms with Gasteiger partial charge in [0.1, 0.15) is 12.3 Å². The molecule has 4 heteroatoms. The summed E-state index contributed by atoms with van der Waals surface area (Å²) in [5.41, 5.74) is 4.03. The minimum Gasteiger partial charge on any atom is -0.496 e. The van der Waals surface area contributed by atoms with E-state index in [9.17, 15) is 4.79 Å². The second-order valence-corrected chi connectivity index (χ2v) is 6.34. The van der Waals surface area contributed by atoms with Crippen molar-refractivity contribution in [3.05, 3.63) is 64.7 Å². The van der Waals surface area contributed by atoms with Gasteiger partial charge in [0.05, 0.1) is 25.8 Å². The molecule has 0 spiro atoms. The molecule has 25 heavy (non-hydrogen) atoms. The topological polar surface area (TPSA) is 42.8 Å². The van der Waals surface area contributed by atoms with Crippen molar-refractivity contribution in [2.24, 2.45) is 0 Å². The molecule has 0 saturated carbocycles. The molecule has 2 aromatic carbocycles. The normalized spacial score (nSPS) is 10.8. The first-order chi connectivity index (χ1) is 12.1. The van der Waals surface area contributed by atoms with Crippen molar-refractivity contribution in [1.29, 1.82) is 0 Å². The average Bonchev–Trinajstić information content (AvgIpc) is 2.65. The summed E-state index contributed by atoms with van der Waals surface area (Å²) in [5, 5.41) is 2.98. The molecule has 4 nitrogen and oxygen atoms in total. The monoisotopic (exact) mass is 341 g/mol. The van der Waals surface area contributed by atoms with Crippen LogP contribution >= 0.6 is 0 Å². The first-order valence-electron chi connectivity index (χ1n) is 8.91. The van der Waals surface area contributed by atoms with E-state index in [4.69, 9.17) is 4.74 Å². The molecule has 0 radical (unpaired) electrons. The van der Waals surface area contributed by atoms with Crippen molar-refractivity contribution >= 4 is 5.91 Å². The van der Waals surface area contributed by atoms with Crippen LogP contribution in [0.2, 0.25) is 0 Å². The van der Waals surface area contributed by atoms with Gasteiger partial charge in [0.15, 0.2) is 0 Å². The van der Waals surface area contributed by atoms with Gasteiger partial charge in [0.25, 0.3) is 5.91 Å². The van der Waals surface area contributed by atoms with Crippen LogP contribution in [0.15, 0.2) is 42.5 Å². The van der Waals surface area contributed by atoms with Crippen molar-refractivity contribution in [3.8, 4) is 5.75 Å². The summed E-state index contributed by atoms with van der Waals surface area (Å²) in [6, 6.07) is 14.1. The van der Waals surface area contributed by atoms with E-state index in [1.54, 1.807) is 12.0 Å². The Morgan fingerprint density at radius 3 is 2.28 bits per heavy atom. The van der Waals surface area contributed by atoms with Gasteiger partial charge < -0.3 is 15.0 Å². The van der Waals surface area contributed by atoms with Gasteiger partial charge in [-0.05, 0) is 38.5 Å². The standard InChI is InChI=1S/C21H28N2O2/c1-5-23(6-2)15-18-10-8-17(9-11-18)14-22-21(24)19-13-16(3)7-12-20(19)25-4/h7-13H,5-6,14-15H2,1-4H3,(H,22,24)/p+1. The van der Waals surface area contributed by atoms with Crippen LogP contribution in [0.1, 0.15) is 40.9 Å². The average molecular weight is 341 g/mol. The van der Waals surface area contributed by atoms with Crippen LogP contribution in [0.25, 0.3) is 0 Å². The van der Waals surface area contributed by atoms with Crippen molar-refractivity contribution in [2.45, 2.75) is 33.9 Å². The van der Waals surface area contributed by atoms with Gasteiger partial charge >= 0.3 is 0 Å². The maximum atomic E-state index is 12.4. The van der Waals surface area contributed by atoms with E-state index in [0.717, 1.165) is 30.8 Å². The van der Waals surface area contributed by atoms with Crippen LogP contribution in [-0.2, 0) is 13.1 Å². The zero-order chi connectivity index (χ0) is 18.2. The molecule has 0 atom stereocenters. The number of rotatable bonds is 8. The van der Waals surface area contributed by atoms with Crippen LogP contribution < -0.4 is 15.0 Å². The highest BCUT2D eigenvalue weighted by Crippen LogP contribution is 2.19. The molecular weight excluding hydrogens is 312 g/mol. The molecule has 134 valence electrons. The number of methoxy groups -OCH3 is 1. The third-order valence-corrected chi connectivity index (χ3v) is 4.53. The third kappa shape index (κ3) is 5.33. The van der Waals surface area contributed by atoms with E-state index in [0.29, 0.717) is 17.9 Å². The second kappa shape index (κ2) is 9.23. The van der Waals surface area contributed by atoms with E-state index in [1.165, 1.54) is 5.56 Å². The highest BCUT2D eigenvalue weighted by molar-refractivity contribution is 5.97. The number of aryl methyl sites for hydroxylation is 1. The number of carbonyl (C=O) groups excluding carboxylic acids is 1. The molecule has 0 fully saturated rings. The minimum atomic E-state index is -0.114. The Bertz CT molecular complexity index is 692. The summed E-state index contributed by atoms with van der Waals surface area (Å²) < 4.78 is 5.28. The molecular formula is C21H29N2O2+. The van der Waals surface area contributed by atoms with Crippen molar-refractivity contribution < 1.29 is 14.4 Å². The predicted octanol–water partition coefficient (Wildman–Crippen LogP) is 2.36. The Kier molecular flexibility index (Phi) is 7.02. The fourth-order valence-corrected chi connectivity index (χ4v) is 2.84. The molecule has 0 aliphatic heterocycles. The summed E-state index contributed by atoms with van der Waals surface area (Å²) in [6.07, 6.45) is 0. The number of quaternary nitrogens is 1. The summed E-state index contributed by atoms with van der Waals surface area (Å²) in [7, 11) is 1.58. The Balaban J connectivity index is 1.97. The SMILES string of the molecule is CC[NH+](CC)Cc1ccc(CNC(=O)c2cc(C)ccc2OC)cc1. The lowest BCUT2D eigenvalue weighted by atomic mass is 10.1. The molecule has 0 aromatic heterocycles. The number of ether oxygens (including phenoxy) is 1. The number of hydrogen-bond acceptors (Lipinski definition) is 2. The maximum Gasteiger partial charge on any atom is 0.255 e. The summed E-state index contributed by atoms with van der Waals surface area (Å²) in [6.45, 7) is 10.2. The van der Waals surface area contributed by atoms with Gasteiger partial charge in [-0.1, -0.05) is 35.9 Å². The fraction of sp³-hybridized carbons (Fsp3) is 0.381. The summed E-state index contributed by atoms with van der Waals surface area (Å²) in [5.74, 6) is 0.484. The second-order valence-electron chi connectivity index (χ2n) is 6.34. The third-order valence-electron chi connectivity index (χ3n) is 4.53. The summed E-state index contributed by atoms with van der Waals surface area (Å²) in [4.78, 5) is 14.0. The Labute approximate surface area is 150 Å². The molecule has 2 N–H and O–H groups in total. The molecule has 1 amide bonds. The molecule has 0 heterocycles. The Morgan fingerprint density at radius 2 is 1.68 bits per heavy atom. The van der Waals surface area contributed by atoms with E-state index in [2.05, 4.69) is 43.4 Å². The first kappa shape index (κ1) is 19.0. The number of carbonyl (C=O) groups is 1. The number of nitrogens with one attached hydrogen (secondary N) is 2. The highest BCUT2D eigenvalue weighted by Gasteiger charge is 2.12. The lowest BCUT2D eigenvalue weighted by Gasteiger charge is -2.15. The van der Waals surface area contributed by atoms with Crippen LogP contribution in [-0.4, -0.2) is 26.1 Å². The largest absolute Gasteiger partial charge is 0.496 e. The van der Waals surface area contributed by atoms with Gasteiger partial charge in [-0.15, -0.1) is 0 Å².